The van der Waals surface area contributed by atoms with Crippen LogP contribution in [0.5, 0.6) is 0 Å². The highest BCUT2D eigenvalue weighted by Gasteiger charge is 2.27. The number of nitriles is 1. The van der Waals surface area contributed by atoms with E-state index in [0.29, 0.717) is 24.4 Å². The second kappa shape index (κ2) is 5.25. The van der Waals surface area contributed by atoms with Gasteiger partial charge in [0.1, 0.15) is 12.5 Å². The standard InChI is InChI=1S/C11H16N4O2/c1-8(2)15-5-6-16-9(7-15)11-13-10(3-4-12)17-14-11/h8-9H,3,5-7H2,1-2H3. The maximum absolute atomic E-state index is 8.54. The Hall–Kier alpha value is -1.45. The van der Waals surface area contributed by atoms with Crippen LogP contribution in [0, 0.1) is 11.3 Å². The van der Waals surface area contributed by atoms with Gasteiger partial charge in [-0.15, -0.1) is 0 Å². The Morgan fingerprint density at radius 1 is 1.59 bits per heavy atom. The summed E-state index contributed by atoms with van der Waals surface area (Å²) < 4.78 is 10.6. The zero-order chi connectivity index (χ0) is 12.3. The van der Waals surface area contributed by atoms with Gasteiger partial charge in [0, 0.05) is 19.1 Å². The summed E-state index contributed by atoms with van der Waals surface area (Å²) in [7, 11) is 0. The van der Waals surface area contributed by atoms with Gasteiger partial charge >= 0.3 is 0 Å². The number of ether oxygens (including phenoxy) is 1. The fourth-order valence-electron chi connectivity index (χ4n) is 1.83. The van der Waals surface area contributed by atoms with Crippen LogP contribution in [0.15, 0.2) is 4.52 Å². The average Bonchev–Trinajstić information content (AvgIpc) is 2.78. The maximum atomic E-state index is 8.54. The lowest BCUT2D eigenvalue weighted by atomic mass is 10.2. The summed E-state index contributed by atoms with van der Waals surface area (Å²) in [6.45, 7) is 6.67. The molecule has 6 nitrogen and oxygen atoms in total. The Morgan fingerprint density at radius 3 is 3.12 bits per heavy atom. The van der Waals surface area contributed by atoms with Gasteiger partial charge in [0.05, 0.1) is 12.7 Å². The smallest absolute Gasteiger partial charge is 0.240 e. The number of aromatic nitrogens is 2. The molecule has 92 valence electrons. The fourth-order valence-corrected chi connectivity index (χ4v) is 1.83. The molecule has 0 saturated carbocycles. The molecular weight excluding hydrogens is 220 g/mol. The predicted molar refractivity (Wildman–Crippen MR) is 59.0 cm³/mol. The van der Waals surface area contributed by atoms with Crippen molar-refractivity contribution < 1.29 is 9.26 Å². The molecule has 1 atom stereocenters. The molecule has 2 rings (SSSR count). The van der Waals surface area contributed by atoms with Gasteiger partial charge in [0.2, 0.25) is 11.7 Å². The van der Waals surface area contributed by atoms with Crippen LogP contribution in [0.25, 0.3) is 0 Å². The summed E-state index contributed by atoms with van der Waals surface area (Å²) in [6.07, 6.45) is -0.00417. The third-order valence-corrected chi connectivity index (χ3v) is 2.83. The predicted octanol–water partition coefficient (Wildman–Crippen LogP) is 0.917. The van der Waals surface area contributed by atoms with E-state index in [4.69, 9.17) is 14.5 Å². The largest absolute Gasteiger partial charge is 0.367 e. The van der Waals surface area contributed by atoms with E-state index in [0.717, 1.165) is 13.1 Å². The van der Waals surface area contributed by atoms with Crippen molar-refractivity contribution in [2.24, 2.45) is 0 Å². The molecule has 1 aliphatic heterocycles. The van der Waals surface area contributed by atoms with Gasteiger partial charge in [-0.05, 0) is 13.8 Å². The van der Waals surface area contributed by atoms with Crippen LogP contribution in [0.4, 0.5) is 0 Å². The number of nitrogens with zero attached hydrogens (tertiary/aromatic N) is 4. The van der Waals surface area contributed by atoms with Crippen LogP contribution in [-0.4, -0.2) is 40.8 Å². The van der Waals surface area contributed by atoms with Gasteiger partial charge in [0.25, 0.3) is 0 Å². The van der Waals surface area contributed by atoms with E-state index in [1.54, 1.807) is 0 Å². The lowest BCUT2D eigenvalue weighted by Crippen LogP contribution is -2.42. The van der Waals surface area contributed by atoms with Gasteiger partial charge in [-0.25, -0.2) is 0 Å². The Labute approximate surface area is 100 Å². The van der Waals surface area contributed by atoms with Crippen LogP contribution in [0.3, 0.4) is 0 Å². The number of morpholine rings is 1. The lowest BCUT2D eigenvalue weighted by molar-refractivity contribution is -0.0450. The molecule has 0 N–H and O–H groups in total. The Balaban J connectivity index is 2.03. The highest BCUT2D eigenvalue weighted by molar-refractivity contribution is 4.97. The third kappa shape index (κ3) is 2.81. The molecule has 1 aliphatic rings. The monoisotopic (exact) mass is 236 g/mol. The van der Waals surface area contributed by atoms with E-state index < -0.39 is 0 Å². The molecule has 0 bridgehead atoms. The quantitative estimate of drug-likeness (QED) is 0.776. The van der Waals surface area contributed by atoms with Gasteiger partial charge in [-0.2, -0.15) is 10.2 Å². The lowest BCUT2D eigenvalue weighted by Gasteiger charge is -2.34. The van der Waals surface area contributed by atoms with Crippen LogP contribution < -0.4 is 0 Å². The summed E-state index contributed by atoms with van der Waals surface area (Å²) in [4.78, 5) is 6.48. The number of hydrogen-bond acceptors (Lipinski definition) is 6. The zero-order valence-electron chi connectivity index (χ0n) is 10.1. The van der Waals surface area contributed by atoms with Crippen LogP contribution >= 0.6 is 0 Å². The Kier molecular flexibility index (Phi) is 3.71. The van der Waals surface area contributed by atoms with E-state index in [1.165, 1.54) is 0 Å². The molecule has 0 spiro atoms. The molecule has 1 aromatic heterocycles. The van der Waals surface area contributed by atoms with Crippen molar-refractivity contribution in [1.82, 2.24) is 15.0 Å². The summed E-state index contributed by atoms with van der Waals surface area (Å²) >= 11 is 0. The van der Waals surface area contributed by atoms with Crippen molar-refractivity contribution in [1.29, 1.82) is 5.26 Å². The van der Waals surface area contributed by atoms with Crippen LogP contribution in [0.1, 0.15) is 31.7 Å². The van der Waals surface area contributed by atoms with E-state index in [1.807, 2.05) is 6.07 Å². The first-order valence-corrected chi connectivity index (χ1v) is 5.75. The molecule has 0 radical (unpaired) electrons. The number of hydrogen-bond donors (Lipinski definition) is 0. The van der Waals surface area contributed by atoms with Crippen molar-refractivity contribution in [2.75, 3.05) is 19.7 Å². The first-order chi connectivity index (χ1) is 8.20. The van der Waals surface area contributed by atoms with Gasteiger partial charge in [0.15, 0.2) is 0 Å². The highest BCUT2D eigenvalue weighted by Crippen LogP contribution is 2.21. The second-order valence-corrected chi connectivity index (χ2v) is 4.33. The van der Waals surface area contributed by atoms with E-state index in [-0.39, 0.29) is 12.5 Å². The molecule has 1 fully saturated rings. The van der Waals surface area contributed by atoms with Crippen molar-refractivity contribution in [3.63, 3.8) is 0 Å². The van der Waals surface area contributed by atoms with Crippen LogP contribution in [-0.2, 0) is 11.2 Å². The van der Waals surface area contributed by atoms with Crippen molar-refractivity contribution in [2.45, 2.75) is 32.4 Å². The molecule has 0 aromatic carbocycles. The molecule has 1 unspecified atom stereocenters. The summed E-state index contributed by atoms with van der Waals surface area (Å²) in [5.74, 6) is 0.897. The minimum absolute atomic E-state index is 0.146. The SMILES string of the molecule is CC(C)N1CCOC(c2noc(CC#N)n2)C1. The van der Waals surface area contributed by atoms with Gasteiger partial charge in [-0.3, -0.25) is 4.90 Å². The van der Waals surface area contributed by atoms with Gasteiger partial charge < -0.3 is 9.26 Å². The Bertz CT molecular complexity index is 410. The minimum atomic E-state index is -0.151. The molecular formula is C11H16N4O2. The Morgan fingerprint density at radius 2 is 2.41 bits per heavy atom. The highest BCUT2D eigenvalue weighted by atomic mass is 16.5. The molecule has 1 aromatic rings. The fraction of sp³-hybridized carbons (Fsp3) is 0.727. The molecule has 0 amide bonds. The third-order valence-electron chi connectivity index (χ3n) is 2.83. The molecule has 2 heterocycles. The zero-order valence-corrected chi connectivity index (χ0v) is 10.1. The molecule has 17 heavy (non-hydrogen) atoms. The van der Waals surface area contributed by atoms with E-state index >= 15 is 0 Å². The minimum Gasteiger partial charge on any atom is -0.367 e. The van der Waals surface area contributed by atoms with Crippen molar-refractivity contribution in [3.05, 3.63) is 11.7 Å². The van der Waals surface area contributed by atoms with Crippen molar-refractivity contribution in [3.8, 4) is 6.07 Å². The topological polar surface area (TPSA) is 75.2 Å². The number of rotatable bonds is 3. The normalized spacial score (nSPS) is 21.6. The molecule has 6 heteroatoms. The maximum Gasteiger partial charge on any atom is 0.240 e. The molecule has 1 saturated heterocycles. The summed E-state index contributed by atoms with van der Waals surface area (Å²) in [5.41, 5.74) is 0. The summed E-state index contributed by atoms with van der Waals surface area (Å²) in [6, 6.07) is 2.46. The second-order valence-electron chi connectivity index (χ2n) is 4.33. The first-order valence-electron chi connectivity index (χ1n) is 5.75. The molecule has 0 aliphatic carbocycles. The van der Waals surface area contributed by atoms with Gasteiger partial charge in [-0.1, -0.05) is 5.16 Å². The van der Waals surface area contributed by atoms with Crippen molar-refractivity contribution >= 4 is 0 Å². The van der Waals surface area contributed by atoms with Crippen LogP contribution in [0.2, 0.25) is 0 Å². The average molecular weight is 236 g/mol. The van der Waals surface area contributed by atoms with E-state index in [9.17, 15) is 0 Å². The van der Waals surface area contributed by atoms with E-state index in [2.05, 4.69) is 28.9 Å². The first kappa shape index (κ1) is 12.0. The summed E-state index contributed by atoms with van der Waals surface area (Å²) in [5, 5.41) is 12.4.